The molecular formula is C6H11NO. The first-order valence-corrected chi connectivity index (χ1v) is 3.02. The second kappa shape index (κ2) is 2.27. The van der Waals surface area contributed by atoms with Crippen LogP contribution in [-0.2, 0) is 4.79 Å². The third-order valence-corrected chi connectivity index (χ3v) is 1.46. The fourth-order valence-corrected chi connectivity index (χ4v) is 0.870. The van der Waals surface area contributed by atoms with Crippen LogP contribution >= 0.6 is 0 Å². The van der Waals surface area contributed by atoms with Crippen molar-refractivity contribution in [1.29, 1.82) is 0 Å². The Balaban J connectivity index is 2.09. The molecular weight excluding hydrogens is 102 g/mol. The molecule has 1 saturated heterocycles. The zero-order valence-electron chi connectivity index (χ0n) is 5.11. The molecule has 1 unspecified atom stereocenters. The number of hydrogen-bond acceptors (Lipinski definition) is 2. The summed E-state index contributed by atoms with van der Waals surface area (Å²) in [5.74, 6) is 0.294. The van der Waals surface area contributed by atoms with Crippen LogP contribution in [0.25, 0.3) is 0 Å². The number of rotatable bonds is 2. The molecule has 1 fully saturated rings. The van der Waals surface area contributed by atoms with Crippen LogP contribution in [0.5, 0.6) is 0 Å². The van der Waals surface area contributed by atoms with E-state index in [1.54, 1.807) is 6.92 Å². The molecule has 0 spiro atoms. The van der Waals surface area contributed by atoms with Crippen molar-refractivity contribution in [3.05, 3.63) is 0 Å². The molecule has 8 heavy (non-hydrogen) atoms. The maximum Gasteiger partial charge on any atom is 0.131 e. The zero-order chi connectivity index (χ0) is 5.98. The molecule has 0 amide bonds. The quantitative estimate of drug-likeness (QED) is 0.559. The molecule has 1 N–H and O–H groups in total. The predicted molar refractivity (Wildman–Crippen MR) is 31.7 cm³/mol. The van der Waals surface area contributed by atoms with Gasteiger partial charge in [-0.1, -0.05) is 0 Å². The van der Waals surface area contributed by atoms with Crippen molar-refractivity contribution in [2.24, 2.45) is 0 Å². The highest BCUT2D eigenvalue weighted by Crippen LogP contribution is 2.05. The van der Waals surface area contributed by atoms with E-state index in [0.29, 0.717) is 11.8 Å². The van der Waals surface area contributed by atoms with E-state index in [2.05, 4.69) is 5.32 Å². The minimum absolute atomic E-state index is 0.294. The second-order valence-electron chi connectivity index (χ2n) is 2.35. The van der Waals surface area contributed by atoms with E-state index in [0.717, 1.165) is 13.0 Å². The van der Waals surface area contributed by atoms with Crippen molar-refractivity contribution in [3.8, 4) is 0 Å². The van der Waals surface area contributed by atoms with E-state index in [-0.39, 0.29) is 0 Å². The first kappa shape index (κ1) is 5.76. The van der Waals surface area contributed by atoms with Gasteiger partial charge in [0.25, 0.3) is 0 Å². The molecule has 0 aromatic rings. The number of carbonyl (C=O) groups is 1. The van der Waals surface area contributed by atoms with E-state index in [1.165, 1.54) is 6.42 Å². The van der Waals surface area contributed by atoms with Gasteiger partial charge in [-0.25, -0.2) is 0 Å². The summed E-state index contributed by atoms with van der Waals surface area (Å²) in [5.41, 5.74) is 0. The van der Waals surface area contributed by atoms with Gasteiger partial charge in [0, 0.05) is 12.5 Å². The summed E-state index contributed by atoms with van der Waals surface area (Å²) in [6, 6.07) is 0.507. The Hall–Kier alpha value is -0.370. The van der Waals surface area contributed by atoms with Crippen LogP contribution in [0.2, 0.25) is 0 Å². The molecule has 0 radical (unpaired) electrons. The lowest BCUT2D eigenvalue weighted by Crippen LogP contribution is -2.43. The molecule has 1 rings (SSSR count). The highest BCUT2D eigenvalue weighted by Gasteiger charge is 2.16. The summed E-state index contributed by atoms with van der Waals surface area (Å²) < 4.78 is 0. The van der Waals surface area contributed by atoms with Crippen molar-refractivity contribution in [2.75, 3.05) is 6.54 Å². The van der Waals surface area contributed by atoms with Gasteiger partial charge < -0.3 is 5.32 Å². The monoisotopic (exact) mass is 113 g/mol. The van der Waals surface area contributed by atoms with Crippen LogP contribution in [0, 0.1) is 0 Å². The molecule has 1 atom stereocenters. The highest BCUT2D eigenvalue weighted by molar-refractivity contribution is 5.76. The lowest BCUT2D eigenvalue weighted by molar-refractivity contribution is -0.117. The van der Waals surface area contributed by atoms with Crippen molar-refractivity contribution in [2.45, 2.75) is 25.8 Å². The van der Waals surface area contributed by atoms with Gasteiger partial charge in [-0.3, -0.25) is 4.79 Å². The second-order valence-corrected chi connectivity index (χ2v) is 2.35. The van der Waals surface area contributed by atoms with Gasteiger partial charge in [0.2, 0.25) is 0 Å². The van der Waals surface area contributed by atoms with Crippen LogP contribution in [0.4, 0.5) is 0 Å². The van der Waals surface area contributed by atoms with Gasteiger partial charge in [-0.15, -0.1) is 0 Å². The van der Waals surface area contributed by atoms with Gasteiger partial charge in [0.15, 0.2) is 0 Å². The third kappa shape index (κ3) is 1.30. The molecule has 2 nitrogen and oxygen atoms in total. The summed E-state index contributed by atoms with van der Waals surface area (Å²) in [4.78, 5) is 10.4. The molecule has 46 valence electrons. The molecule has 0 aromatic carbocycles. The first-order chi connectivity index (χ1) is 3.79. The minimum atomic E-state index is 0.294. The van der Waals surface area contributed by atoms with Gasteiger partial charge in [-0.05, 0) is 19.9 Å². The summed E-state index contributed by atoms with van der Waals surface area (Å²) in [5, 5.41) is 3.16. The fraction of sp³-hybridized carbons (Fsp3) is 0.833. The van der Waals surface area contributed by atoms with Crippen LogP contribution < -0.4 is 5.32 Å². The van der Waals surface area contributed by atoms with Gasteiger partial charge in [-0.2, -0.15) is 0 Å². The molecule has 1 heterocycles. The average molecular weight is 113 g/mol. The molecule has 1 aliphatic heterocycles. The molecule has 2 heteroatoms. The van der Waals surface area contributed by atoms with E-state index >= 15 is 0 Å². The largest absolute Gasteiger partial charge is 0.313 e. The average Bonchev–Trinajstić information content (AvgIpc) is 1.55. The zero-order valence-corrected chi connectivity index (χ0v) is 5.11. The molecule has 0 aromatic heterocycles. The van der Waals surface area contributed by atoms with Crippen LogP contribution in [-0.4, -0.2) is 18.4 Å². The Bertz CT molecular complexity index is 96.7. The Kier molecular flexibility index (Phi) is 1.63. The van der Waals surface area contributed by atoms with E-state index in [9.17, 15) is 4.79 Å². The maximum absolute atomic E-state index is 10.4. The van der Waals surface area contributed by atoms with Crippen LogP contribution in [0.3, 0.4) is 0 Å². The van der Waals surface area contributed by atoms with Gasteiger partial charge in [0.05, 0.1) is 0 Å². The number of ketones is 1. The maximum atomic E-state index is 10.4. The van der Waals surface area contributed by atoms with E-state index in [4.69, 9.17) is 0 Å². The Morgan fingerprint density at radius 1 is 1.88 bits per heavy atom. The smallest absolute Gasteiger partial charge is 0.131 e. The minimum Gasteiger partial charge on any atom is -0.313 e. The Morgan fingerprint density at radius 2 is 2.50 bits per heavy atom. The molecule has 0 bridgehead atoms. The predicted octanol–water partition coefficient (Wildman–Crippen LogP) is 0.327. The summed E-state index contributed by atoms with van der Waals surface area (Å²) in [7, 11) is 0. The van der Waals surface area contributed by atoms with Crippen LogP contribution in [0.1, 0.15) is 19.8 Å². The number of nitrogens with one attached hydrogen (secondary N) is 1. The van der Waals surface area contributed by atoms with Gasteiger partial charge >= 0.3 is 0 Å². The molecule has 1 aliphatic rings. The van der Waals surface area contributed by atoms with Gasteiger partial charge in [0.1, 0.15) is 5.78 Å². The fourth-order valence-electron chi connectivity index (χ4n) is 0.870. The first-order valence-electron chi connectivity index (χ1n) is 3.02. The van der Waals surface area contributed by atoms with Crippen LogP contribution in [0.15, 0.2) is 0 Å². The summed E-state index contributed by atoms with van der Waals surface area (Å²) >= 11 is 0. The lowest BCUT2D eigenvalue weighted by Gasteiger charge is -2.26. The molecule has 0 saturated carbocycles. The van der Waals surface area contributed by atoms with Crippen molar-refractivity contribution >= 4 is 5.78 Å². The van der Waals surface area contributed by atoms with Crippen molar-refractivity contribution in [1.82, 2.24) is 5.32 Å². The number of Topliss-reactive ketones (excluding diaryl/α,β-unsaturated/α-hetero) is 1. The SMILES string of the molecule is CC(=O)CC1CCN1. The Labute approximate surface area is 49.3 Å². The topological polar surface area (TPSA) is 29.1 Å². The molecule has 0 aliphatic carbocycles. The summed E-state index contributed by atoms with van der Waals surface area (Å²) in [6.07, 6.45) is 1.90. The lowest BCUT2D eigenvalue weighted by atomic mass is 10.0. The van der Waals surface area contributed by atoms with E-state index < -0.39 is 0 Å². The van der Waals surface area contributed by atoms with Crippen molar-refractivity contribution in [3.63, 3.8) is 0 Å². The third-order valence-electron chi connectivity index (χ3n) is 1.46. The summed E-state index contributed by atoms with van der Waals surface area (Å²) in [6.45, 7) is 2.73. The standard InChI is InChI=1S/C6H11NO/c1-5(8)4-6-2-3-7-6/h6-7H,2-4H2,1H3. The highest BCUT2D eigenvalue weighted by atomic mass is 16.1. The van der Waals surface area contributed by atoms with E-state index in [1.807, 2.05) is 0 Å². The van der Waals surface area contributed by atoms with Crippen molar-refractivity contribution < 1.29 is 4.79 Å². The number of hydrogen-bond donors (Lipinski definition) is 1. The number of carbonyl (C=O) groups excluding carboxylic acids is 1. The Morgan fingerprint density at radius 3 is 2.62 bits per heavy atom. The normalized spacial score (nSPS) is 26.9.